The monoisotopic (exact) mass is 387 g/mol. The van der Waals surface area contributed by atoms with Gasteiger partial charge in [0.25, 0.3) is 0 Å². The molecule has 0 saturated carbocycles. The van der Waals surface area contributed by atoms with Gasteiger partial charge >= 0.3 is 0 Å². The number of aromatic nitrogens is 2. The van der Waals surface area contributed by atoms with Crippen LogP contribution in [0.3, 0.4) is 0 Å². The lowest BCUT2D eigenvalue weighted by atomic mass is 10.1. The molecule has 0 aliphatic rings. The Hall–Kier alpha value is -3.74. The van der Waals surface area contributed by atoms with Crippen molar-refractivity contribution in [1.29, 1.82) is 0 Å². The van der Waals surface area contributed by atoms with Crippen LogP contribution in [0, 0.1) is 0 Å². The van der Waals surface area contributed by atoms with Gasteiger partial charge in [-0.1, -0.05) is 60.7 Å². The van der Waals surface area contributed by atoms with Gasteiger partial charge in [-0.3, -0.25) is 10.9 Å². The fourth-order valence-electron chi connectivity index (χ4n) is 2.68. The molecule has 0 atom stereocenters. The van der Waals surface area contributed by atoms with Crippen LogP contribution >= 0.6 is 0 Å². The molecule has 0 saturated heterocycles. The third-order valence-electron chi connectivity index (χ3n) is 4.09. The normalized spacial score (nSPS) is 11.2. The maximum absolute atomic E-state index is 5.77. The molecular weight excluding hydrogens is 362 g/mol. The second kappa shape index (κ2) is 11.2. The van der Waals surface area contributed by atoms with Gasteiger partial charge in [0.1, 0.15) is 0 Å². The Balaban J connectivity index is 1.43. The minimum absolute atomic E-state index is 0.150. The van der Waals surface area contributed by atoms with E-state index >= 15 is 0 Å². The van der Waals surface area contributed by atoms with Crippen LogP contribution in [0.5, 0.6) is 0 Å². The zero-order chi connectivity index (χ0) is 20.2. The topological polar surface area (TPSA) is 101 Å². The minimum atomic E-state index is 0.150. The van der Waals surface area contributed by atoms with Gasteiger partial charge in [-0.15, -0.1) is 0 Å². The van der Waals surface area contributed by atoms with Gasteiger partial charge in [0.05, 0.1) is 0 Å². The third kappa shape index (κ3) is 7.42. The molecule has 0 fully saturated rings. The van der Waals surface area contributed by atoms with Gasteiger partial charge in [-0.05, 0) is 36.8 Å². The van der Waals surface area contributed by atoms with Crippen LogP contribution in [-0.2, 0) is 12.8 Å². The highest BCUT2D eigenvalue weighted by molar-refractivity contribution is 5.61. The molecule has 0 spiro atoms. The fraction of sp³-hybridized carbons (Fsp3) is 0.182. The summed E-state index contributed by atoms with van der Waals surface area (Å²) in [6.07, 6.45) is 7.16. The van der Waals surface area contributed by atoms with E-state index in [0.29, 0.717) is 11.6 Å². The molecule has 0 aliphatic carbocycles. The predicted molar refractivity (Wildman–Crippen MR) is 120 cm³/mol. The zero-order valence-electron chi connectivity index (χ0n) is 16.2. The Morgan fingerprint density at radius 3 is 1.62 bits per heavy atom. The van der Waals surface area contributed by atoms with Crippen molar-refractivity contribution in [2.24, 2.45) is 10.2 Å². The molecule has 0 radical (unpaired) electrons. The molecule has 1 heterocycles. The molecule has 148 valence electrons. The summed E-state index contributed by atoms with van der Waals surface area (Å²) in [5.74, 6) is 1.17. The lowest BCUT2D eigenvalue weighted by Crippen LogP contribution is -2.03. The number of rotatable bonds is 10. The number of nitrogen functional groups attached to an aromatic ring is 1. The largest absolute Gasteiger partial charge is 0.368 e. The SMILES string of the molecule is Nc1nc(N/N=C/CCc2ccccc2)cc(N/N=C/CCc2ccccc2)n1. The fourth-order valence-corrected chi connectivity index (χ4v) is 2.68. The summed E-state index contributed by atoms with van der Waals surface area (Å²) in [4.78, 5) is 8.25. The van der Waals surface area contributed by atoms with E-state index in [9.17, 15) is 0 Å². The van der Waals surface area contributed by atoms with E-state index in [1.54, 1.807) is 6.07 Å². The molecule has 1 aromatic heterocycles. The van der Waals surface area contributed by atoms with E-state index in [4.69, 9.17) is 5.73 Å². The third-order valence-corrected chi connectivity index (χ3v) is 4.09. The molecule has 0 bridgehead atoms. The minimum Gasteiger partial charge on any atom is -0.368 e. The molecular formula is C22H25N7. The van der Waals surface area contributed by atoms with Crippen LogP contribution in [0.4, 0.5) is 17.6 Å². The summed E-state index contributed by atoms with van der Waals surface area (Å²) < 4.78 is 0. The van der Waals surface area contributed by atoms with Crippen molar-refractivity contribution in [3.63, 3.8) is 0 Å². The average molecular weight is 387 g/mol. The maximum atomic E-state index is 5.77. The van der Waals surface area contributed by atoms with Gasteiger partial charge in [0.2, 0.25) is 5.95 Å². The second-order valence-electron chi connectivity index (χ2n) is 6.39. The van der Waals surface area contributed by atoms with E-state index in [2.05, 4.69) is 55.3 Å². The maximum Gasteiger partial charge on any atom is 0.224 e. The smallest absolute Gasteiger partial charge is 0.224 e. The van der Waals surface area contributed by atoms with E-state index in [1.165, 1.54) is 11.1 Å². The zero-order valence-corrected chi connectivity index (χ0v) is 16.2. The van der Waals surface area contributed by atoms with Gasteiger partial charge in [0, 0.05) is 18.5 Å². The standard InChI is InChI=1S/C22H25N7/c23-22-26-20(28-24-15-7-13-18-9-3-1-4-10-18)17-21(27-22)29-25-16-8-14-19-11-5-2-6-12-19/h1-6,9-12,15-17H,7-8,13-14H2,(H4,23,26,27,28,29)/b24-15+,25-16+. The number of hydrogen-bond acceptors (Lipinski definition) is 7. The Morgan fingerprint density at radius 2 is 1.17 bits per heavy atom. The predicted octanol–water partition coefficient (Wildman–Crippen LogP) is 4.12. The first-order valence-corrected chi connectivity index (χ1v) is 9.57. The summed E-state index contributed by atoms with van der Waals surface area (Å²) in [5.41, 5.74) is 14.1. The highest BCUT2D eigenvalue weighted by atomic mass is 15.3. The van der Waals surface area contributed by atoms with Crippen molar-refractivity contribution in [1.82, 2.24) is 9.97 Å². The van der Waals surface area contributed by atoms with Gasteiger partial charge < -0.3 is 5.73 Å². The number of anilines is 3. The second-order valence-corrected chi connectivity index (χ2v) is 6.39. The van der Waals surface area contributed by atoms with Crippen LogP contribution < -0.4 is 16.6 Å². The number of nitrogens with two attached hydrogens (primary N) is 1. The van der Waals surface area contributed by atoms with Crippen LogP contribution in [0.15, 0.2) is 76.9 Å². The Labute approximate surface area is 170 Å². The van der Waals surface area contributed by atoms with Crippen LogP contribution in [-0.4, -0.2) is 22.4 Å². The molecule has 7 nitrogen and oxygen atoms in total. The Morgan fingerprint density at radius 1 is 0.724 bits per heavy atom. The van der Waals surface area contributed by atoms with Crippen LogP contribution in [0.2, 0.25) is 0 Å². The highest BCUT2D eigenvalue weighted by Crippen LogP contribution is 2.12. The van der Waals surface area contributed by atoms with Crippen LogP contribution in [0.1, 0.15) is 24.0 Å². The molecule has 3 aromatic rings. The number of hydrazone groups is 2. The molecule has 0 aliphatic heterocycles. The van der Waals surface area contributed by atoms with Crippen molar-refractivity contribution in [2.45, 2.75) is 25.7 Å². The van der Waals surface area contributed by atoms with Crippen molar-refractivity contribution in [3.05, 3.63) is 77.9 Å². The summed E-state index contributed by atoms with van der Waals surface area (Å²) in [5, 5.41) is 8.39. The Kier molecular flexibility index (Phi) is 7.71. The van der Waals surface area contributed by atoms with Crippen LogP contribution in [0.25, 0.3) is 0 Å². The van der Waals surface area contributed by atoms with Gasteiger partial charge in [-0.2, -0.15) is 20.2 Å². The molecule has 4 N–H and O–H groups in total. The molecule has 3 rings (SSSR count). The first-order chi connectivity index (χ1) is 14.3. The Bertz CT molecular complexity index is 851. The van der Waals surface area contributed by atoms with Crippen molar-refractivity contribution in [2.75, 3.05) is 16.6 Å². The summed E-state index contributed by atoms with van der Waals surface area (Å²) in [7, 11) is 0. The molecule has 29 heavy (non-hydrogen) atoms. The van der Waals surface area contributed by atoms with E-state index in [0.717, 1.165) is 25.7 Å². The number of aryl methyl sites for hydroxylation is 2. The first-order valence-electron chi connectivity index (χ1n) is 9.57. The number of nitrogens with zero attached hydrogens (tertiary/aromatic N) is 4. The van der Waals surface area contributed by atoms with E-state index in [-0.39, 0.29) is 5.95 Å². The van der Waals surface area contributed by atoms with E-state index in [1.807, 2.05) is 48.8 Å². The molecule has 7 heteroatoms. The highest BCUT2D eigenvalue weighted by Gasteiger charge is 2.00. The summed E-state index contributed by atoms with van der Waals surface area (Å²) in [6, 6.07) is 22.3. The van der Waals surface area contributed by atoms with Crippen molar-refractivity contribution in [3.8, 4) is 0 Å². The lowest BCUT2D eigenvalue weighted by Gasteiger charge is -2.04. The average Bonchev–Trinajstić information content (AvgIpc) is 2.74. The number of hydrogen-bond donors (Lipinski definition) is 3. The summed E-state index contributed by atoms with van der Waals surface area (Å²) >= 11 is 0. The van der Waals surface area contributed by atoms with Crippen molar-refractivity contribution >= 4 is 30.0 Å². The van der Waals surface area contributed by atoms with Gasteiger partial charge in [-0.25, -0.2) is 0 Å². The molecule has 2 aromatic carbocycles. The number of nitrogens with one attached hydrogen (secondary N) is 2. The molecule has 0 unspecified atom stereocenters. The summed E-state index contributed by atoms with van der Waals surface area (Å²) in [6.45, 7) is 0. The molecule has 0 amide bonds. The van der Waals surface area contributed by atoms with E-state index < -0.39 is 0 Å². The van der Waals surface area contributed by atoms with Crippen molar-refractivity contribution < 1.29 is 0 Å². The van der Waals surface area contributed by atoms with Gasteiger partial charge in [0.15, 0.2) is 11.6 Å². The first kappa shape index (κ1) is 20.0. The number of benzene rings is 2. The lowest BCUT2D eigenvalue weighted by molar-refractivity contribution is 1.04. The quantitative estimate of drug-likeness (QED) is 0.359.